The van der Waals surface area contributed by atoms with Crippen LogP contribution in [0.5, 0.6) is 11.5 Å². The summed E-state index contributed by atoms with van der Waals surface area (Å²) in [4.78, 5) is 1.85. The number of hydrogen-bond donors (Lipinski definition) is 0. The molecule has 0 spiro atoms. The van der Waals surface area contributed by atoms with E-state index in [4.69, 9.17) is 30.7 Å². The summed E-state index contributed by atoms with van der Waals surface area (Å²) in [6, 6.07) is -1.33. The minimum atomic E-state index is -1.79. The van der Waals surface area contributed by atoms with Gasteiger partial charge in [-0.15, -0.1) is 0 Å². The second-order valence-electron chi connectivity index (χ2n) is 7.34. The van der Waals surface area contributed by atoms with Gasteiger partial charge in [-0.05, 0) is 54.6 Å². The molecule has 0 saturated carbocycles. The van der Waals surface area contributed by atoms with Crippen molar-refractivity contribution < 1.29 is 30.7 Å². The Hall–Kier alpha value is -2.82. The summed E-state index contributed by atoms with van der Waals surface area (Å²) < 4.78 is 117. The molecule has 4 nitrogen and oxygen atoms in total. The molecule has 0 amide bonds. The molecular weight excluding hydrogens is 386 g/mol. The third-order valence-corrected chi connectivity index (χ3v) is 5.23. The SMILES string of the molecule is [2H]c1c([2H])c([2H])c(C(O[C@@H]2CCCN(CC([2H])([2H])c3ccc4c(c3)OCO4)C2)c2c([2H])c([2H])c([2H])c([2H])c2[2H])c([2H])c1[2H]. The van der Waals surface area contributed by atoms with Crippen LogP contribution < -0.4 is 9.47 Å². The zero-order valence-electron chi connectivity index (χ0n) is 28.8. The van der Waals surface area contributed by atoms with E-state index in [9.17, 15) is 0 Å². The number of ether oxygens (including phenoxy) is 3. The zero-order valence-corrected chi connectivity index (χ0v) is 16.8. The average molecular weight is 428 g/mol. The molecule has 31 heavy (non-hydrogen) atoms. The van der Waals surface area contributed by atoms with Crippen LogP contribution in [-0.2, 0) is 11.1 Å². The summed E-state index contributed by atoms with van der Waals surface area (Å²) in [6.07, 6.45) is -3.02. The minimum absolute atomic E-state index is 0.0134. The molecule has 2 aliphatic rings. The topological polar surface area (TPSA) is 30.9 Å². The highest BCUT2D eigenvalue weighted by Gasteiger charge is 2.25. The van der Waals surface area contributed by atoms with Crippen molar-refractivity contribution in [1.82, 2.24) is 4.90 Å². The fourth-order valence-electron chi connectivity index (χ4n) is 3.73. The lowest BCUT2D eigenvalue weighted by molar-refractivity contribution is -0.0330. The van der Waals surface area contributed by atoms with E-state index >= 15 is 0 Å². The van der Waals surface area contributed by atoms with Gasteiger partial charge in [0.1, 0.15) is 6.10 Å². The van der Waals surface area contributed by atoms with E-state index in [1.54, 1.807) is 18.2 Å². The Morgan fingerprint density at radius 1 is 1.00 bits per heavy atom. The van der Waals surface area contributed by atoms with Crippen molar-refractivity contribution in [3.8, 4) is 11.5 Å². The van der Waals surface area contributed by atoms with Crippen LogP contribution >= 0.6 is 0 Å². The summed E-state index contributed by atoms with van der Waals surface area (Å²) in [6.45, 7) is 0.784. The van der Waals surface area contributed by atoms with E-state index in [1.165, 1.54) is 0 Å². The quantitative estimate of drug-likeness (QED) is 0.517. The Labute approximate surface area is 201 Å². The van der Waals surface area contributed by atoms with Crippen LogP contribution in [0.1, 0.15) is 52.1 Å². The molecule has 0 aromatic heterocycles. The Bertz CT molecular complexity index is 1460. The number of nitrogens with zero attached hydrogens (tertiary/aromatic N) is 1. The number of rotatable bonds is 7. The zero-order chi connectivity index (χ0) is 31.4. The van der Waals surface area contributed by atoms with E-state index in [1.807, 2.05) is 4.90 Å². The van der Waals surface area contributed by atoms with E-state index in [-0.39, 0.29) is 31.0 Å². The molecule has 3 aromatic carbocycles. The van der Waals surface area contributed by atoms with Crippen molar-refractivity contribution in [1.29, 1.82) is 0 Å². The molecule has 1 atom stereocenters. The van der Waals surface area contributed by atoms with E-state index in [0.29, 0.717) is 36.4 Å². The predicted molar refractivity (Wildman–Crippen MR) is 122 cm³/mol. The fourth-order valence-corrected chi connectivity index (χ4v) is 3.73. The van der Waals surface area contributed by atoms with Crippen LogP contribution in [0.15, 0.2) is 78.6 Å². The smallest absolute Gasteiger partial charge is 0.231 e. The monoisotopic (exact) mass is 427 g/mol. The number of hydrogen-bond acceptors (Lipinski definition) is 4. The highest BCUT2D eigenvalue weighted by Crippen LogP contribution is 2.33. The van der Waals surface area contributed by atoms with Crippen LogP contribution in [0.25, 0.3) is 0 Å². The molecule has 1 fully saturated rings. The number of likely N-dealkylation sites (tertiary alicyclic amines) is 1. The Kier molecular flexibility index (Phi) is 3.28. The summed E-state index contributed by atoms with van der Waals surface area (Å²) in [5, 5.41) is 0. The van der Waals surface area contributed by atoms with Gasteiger partial charge in [0.2, 0.25) is 6.79 Å². The second kappa shape index (κ2) is 9.54. The van der Waals surface area contributed by atoms with Crippen molar-refractivity contribution in [3.05, 3.63) is 95.3 Å². The molecule has 160 valence electrons. The molecule has 0 N–H and O–H groups in total. The predicted octanol–water partition coefficient (Wildman–Crippen LogP) is 5.23. The summed E-state index contributed by atoms with van der Waals surface area (Å²) in [7, 11) is 0. The van der Waals surface area contributed by atoms with Crippen molar-refractivity contribution in [2.75, 3.05) is 26.4 Å². The molecule has 0 aliphatic carbocycles. The fraction of sp³-hybridized carbons (Fsp3) is 0.333. The largest absolute Gasteiger partial charge is 0.454 e. The third-order valence-electron chi connectivity index (χ3n) is 5.23. The Balaban J connectivity index is 1.50. The van der Waals surface area contributed by atoms with Crippen LogP contribution in [0.3, 0.4) is 0 Å². The van der Waals surface area contributed by atoms with Gasteiger partial charge in [-0.2, -0.15) is 0 Å². The van der Waals surface area contributed by atoms with Gasteiger partial charge >= 0.3 is 0 Å². The third kappa shape index (κ3) is 4.92. The Morgan fingerprint density at radius 2 is 1.71 bits per heavy atom. The number of fused-ring (bicyclic) bond motifs is 1. The first-order valence-corrected chi connectivity index (χ1v) is 10.1. The molecule has 2 aliphatic heterocycles. The molecule has 2 heterocycles. The standard InChI is InChI=1S/C27H29NO3/c1-3-8-22(9-4-1)27(23-10-5-2-6-11-23)31-24-12-7-16-28(19-24)17-15-21-13-14-25-26(18-21)30-20-29-25/h1-6,8-11,13-14,18,24,27H,7,12,15-17,19-20H2/t24-/m1/s1/i1D,2D,3D,4D,5D,6D,8D,9D,10D,11D,15D2. The highest BCUT2D eigenvalue weighted by molar-refractivity contribution is 5.44. The van der Waals surface area contributed by atoms with Crippen LogP contribution in [-0.4, -0.2) is 37.4 Å². The van der Waals surface area contributed by atoms with Gasteiger partial charge in [0.15, 0.2) is 11.5 Å². The van der Waals surface area contributed by atoms with Gasteiger partial charge in [-0.3, -0.25) is 0 Å². The Morgan fingerprint density at radius 3 is 2.45 bits per heavy atom. The first-order valence-electron chi connectivity index (χ1n) is 16.1. The lowest BCUT2D eigenvalue weighted by Gasteiger charge is -2.35. The second-order valence-corrected chi connectivity index (χ2v) is 7.34. The van der Waals surface area contributed by atoms with Gasteiger partial charge < -0.3 is 19.1 Å². The number of benzene rings is 3. The molecule has 5 rings (SSSR count). The van der Waals surface area contributed by atoms with Gasteiger partial charge in [0.05, 0.1) is 19.8 Å². The summed E-state index contributed by atoms with van der Waals surface area (Å²) in [5.74, 6) is 0.999. The average Bonchev–Trinajstić information content (AvgIpc) is 3.45. The van der Waals surface area contributed by atoms with Crippen molar-refractivity contribution in [2.45, 2.75) is 31.4 Å². The molecule has 1 saturated heterocycles. The van der Waals surface area contributed by atoms with Crippen LogP contribution in [0.2, 0.25) is 0 Å². The lowest BCUT2D eigenvalue weighted by Crippen LogP contribution is -2.41. The molecule has 0 bridgehead atoms. The van der Waals surface area contributed by atoms with E-state index in [0.717, 1.165) is 0 Å². The van der Waals surface area contributed by atoms with Crippen molar-refractivity contribution in [2.24, 2.45) is 0 Å². The molecule has 3 aromatic rings. The maximum atomic E-state index is 8.76. The van der Waals surface area contributed by atoms with Gasteiger partial charge in [-0.1, -0.05) is 66.5 Å². The first kappa shape index (κ1) is 10.7. The molecule has 0 unspecified atom stereocenters. The van der Waals surface area contributed by atoms with Crippen LogP contribution in [0, 0.1) is 0 Å². The molecule has 0 radical (unpaired) electrons. The summed E-state index contributed by atoms with van der Waals surface area (Å²) >= 11 is 0. The molecular formula is C27H29NO3. The lowest BCUT2D eigenvalue weighted by atomic mass is 10.00. The maximum Gasteiger partial charge on any atom is 0.231 e. The normalized spacial score (nSPS) is 24.4. The summed E-state index contributed by atoms with van der Waals surface area (Å²) in [5.41, 5.74) is -0.273. The molecule has 4 heteroatoms. The highest BCUT2D eigenvalue weighted by atomic mass is 16.7. The van der Waals surface area contributed by atoms with Gasteiger partial charge in [0.25, 0.3) is 0 Å². The first-order chi connectivity index (χ1) is 20.2. The van der Waals surface area contributed by atoms with Gasteiger partial charge in [0, 0.05) is 15.8 Å². The minimum Gasteiger partial charge on any atom is -0.454 e. The van der Waals surface area contributed by atoms with E-state index in [2.05, 4.69) is 0 Å². The number of piperidine rings is 1. The van der Waals surface area contributed by atoms with Crippen LogP contribution in [0.4, 0.5) is 0 Å². The van der Waals surface area contributed by atoms with E-state index < -0.39 is 79.0 Å². The van der Waals surface area contributed by atoms with Gasteiger partial charge in [-0.25, -0.2) is 0 Å². The van der Waals surface area contributed by atoms with Crippen molar-refractivity contribution >= 4 is 0 Å². The van der Waals surface area contributed by atoms with Crippen molar-refractivity contribution in [3.63, 3.8) is 0 Å². The maximum absolute atomic E-state index is 8.76.